The SMILES string of the molecule is [Br-].[C-]1=CC=CC1.[C-]1=CC=CC1.[Zr+3].c1ccc([SiH]c2ccccc2)cc1. The van der Waals surface area contributed by atoms with E-state index in [-0.39, 0.29) is 52.7 Å². The molecule has 4 rings (SSSR count). The second kappa shape index (κ2) is 16.4. The number of allylic oxidation sites excluding steroid dienone is 8. The number of benzene rings is 2. The fourth-order valence-corrected chi connectivity index (χ4v) is 3.19. The first-order valence-electron chi connectivity index (χ1n) is 7.83. The Bertz CT molecular complexity index is 581. The van der Waals surface area contributed by atoms with Gasteiger partial charge in [0, 0.05) is 0 Å². The van der Waals surface area contributed by atoms with E-state index in [9.17, 15) is 0 Å². The van der Waals surface area contributed by atoms with Gasteiger partial charge in [-0.2, -0.15) is 12.2 Å². The minimum Gasteiger partial charge on any atom is -1.00 e. The van der Waals surface area contributed by atoms with Crippen molar-refractivity contribution in [1.29, 1.82) is 0 Å². The van der Waals surface area contributed by atoms with Gasteiger partial charge in [0.2, 0.25) is 0 Å². The summed E-state index contributed by atoms with van der Waals surface area (Å²) in [5, 5.41) is 2.90. The summed E-state index contributed by atoms with van der Waals surface area (Å²) in [4.78, 5) is 0. The summed E-state index contributed by atoms with van der Waals surface area (Å²) in [5.74, 6) is 0. The largest absolute Gasteiger partial charge is 3.00 e. The van der Waals surface area contributed by atoms with Crippen molar-refractivity contribution < 1.29 is 43.2 Å². The Kier molecular flexibility index (Phi) is 15.8. The molecule has 2 aliphatic carbocycles. The molecular weight excluding hydrogens is 463 g/mol. The first kappa shape index (κ1) is 24.0. The van der Waals surface area contributed by atoms with Gasteiger partial charge in [-0.1, -0.05) is 71.0 Å². The van der Waals surface area contributed by atoms with Crippen LogP contribution in [-0.2, 0) is 26.2 Å². The molecule has 0 atom stereocenters. The van der Waals surface area contributed by atoms with Crippen LogP contribution in [0.2, 0.25) is 0 Å². The van der Waals surface area contributed by atoms with Crippen molar-refractivity contribution in [2.45, 2.75) is 12.8 Å². The third-order valence-electron chi connectivity index (χ3n) is 3.10. The van der Waals surface area contributed by atoms with Gasteiger partial charge >= 0.3 is 26.2 Å². The van der Waals surface area contributed by atoms with Crippen LogP contribution in [0.3, 0.4) is 0 Å². The molecule has 124 valence electrons. The van der Waals surface area contributed by atoms with E-state index in [0.717, 1.165) is 12.8 Å². The molecule has 0 heterocycles. The molecule has 3 heteroatoms. The second-order valence-corrected chi connectivity index (χ2v) is 6.59. The van der Waals surface area contributed by atoms with E-state index in [1.165, 1.54) is 10.4 Å². The summed E-state index contributed by atoms with van der Waals surface area (Å²) in [6.07, 6.45) is 20.0. The van der Waals surface area contributed by atoms with E-state index in [0.29, 0.717) is 0 Å². The number of rotatable bonds is 2. The molecule has 0 saturated heterocycles. The molecule has 2 aromatic rings. The monoisotopic (exact) mass is 482 g/mol. The molecule has 0 spiro atoms. The smallest absolute Gasteiger partial charge is 1.00 e. The topological polar surface area (TPSA) is 0 Å². The molecule has 2 aromatic carbocycles. The van der Waals surface area contributed by atoms with Crippen molar-refractivity contribution in [2.24, 2.45) is 0 Å². The van der Waals surface area contributed by atoms with Gasteiger partial charge in [0.25, 0.3) is 0 Å². The molecule has 0 saturated carbocycles. The summed E-state index contributed by atoms with van der Waals surface area (Å²) in [6.45, 7) is 0. The first-order valence-corrected chi connectivity index (χ1v) is 8.99. The summed E-state index contributed by atoms with van der Waals surface area (Å²) in [7, 11) is 0.271. The number of halogens is 1. The molecule has 2 aliphatic rings. The predicted octanol–water partition coefficient (Wildman–Crippen LogP) is 0.687. The molecule has 0 bridgehead atoms. The molecule has 0 nitrogen and oxygen atoms in total. The fourth-order valence-electron chi connectivity index (χ4n) is 1.97. The van der Waals surface area contributed by atoms with Crippen LogP contribution in [0.1, 0.15) is 12.8 Å². The van der Waals surface area contributed by atoms with Crippen LogP contribution in [0.5, 0.6) is 0 Å². The van der Waals surface area contributed by atoms with E-state index in [1.54, 1.807) is 0 Å². The summed E-state index contributed by atoms with van der Waals surface area (Å²) < 4.78 is 0. The molecule has 0 fully saturated rings. The van der Waals surface area contributed by atoms with Gasteiger partial charge in [-0.15, -0.1) is 12.8 Å². The average molecular weight is 485 g/mol. The van der Waals surface area contributed by atoms with Gasteiger partial charge in [-0.25, -0.2) is 24.3 Å². The maximum Gasteiger partial charge on any atom is 3.00 e. The van der Waals surface area contributed by atoms with Gasteiger partial charge in [-0.05, 0) is 0 Å². The molecule has 2 radical (unpaired) electrons. The molecule has 0 N–H and O–H groups in total. The Morgan fingerprint density at radius 2 is 1.04 bits per heavy atom. The van der Waals surface area contributed by atoms with Crippen LogP contribution in [-0.4, -0.2) is 9.52 Å². The van der Waals surface area contributed by atoms with Crippen LogP contribution < -0.4 is 27.4 Å². The quantitative estimate of drug-likeness (QED) is 0.435. The van der Waals surface area contributed by atoms with Gasteiger partial charge in [0.05, 0.1) is 0 Å². The zero-order valence-corrected chi connectivity index (χ0v) is 19.3. The number of hydrogen-bond acceptors (Lipinski definition) is 0. The second-order valence-electron chi connectivity index (χ2n) is 4.97. The molecule has 0 amide bonds. The molecule has 0 unspecified atom stereocenters. The minimum atomic E-state index is 0. The number of hydrogen-bond donors (Lipinski definition) is 0. The van der Waals surface area contributed by atoms with E-state index >= 15 is 0 Å². The van der Waals surface area contributed by atoms with Gasteiger partial charge in [0.15, 0.2) is 0 Å². The minimum absolute atomic E-state index is 0. The van der Waals surface area contributed by atoms with Crippen molar-refractivity contribution in [3.05, 3.63) is 109 Å². The Hall–Kier alpha value is -1.02. The summed E-state index contributed by atoms with van der Waals surface area (Å²) in [5.41, 5.74) is 0. The predicted molar refractivity (Wildman–Crippen MR) is 102 cm³/mol. The van der Waals surface area contributed by atoms with E-state index in [2.05, 4.69) is 85.0 Å². The van der Waals surface area contributed by atoms with E-state index in [4.69, 9.17) is 0 Å². The maximum atomic E-state index is 2.99. The van der Waals surface area contributed by atoms with Crippen molar-refractivity contribution >= 4 is 19.9 Å². The van der Waals surface area contributed by atoms with Crippen LogP contribution in [0.25, 0.3) is 0 Å². The molecular formula is C22H21BrSiZr. The standard InChI is InChI=1S/C12H11Si.2C5H5.BrH.Zr/c1-3-7-11(8-4-1)13-12-9-5-2-6-10-12;2*1-2-4-5-3-1;;/h1-10,13H;2*1-3H,4H2;1H;/q;2*-1;;+3/p-1. The Morgan fingerprint density at radius 3 is 1.28 bits per heavy atom. The zero-order chi connectivity index (χ0) is 16.0. The average Bonchev–Trinajstić information content (AvgIpc) is 3.35. The summed E-state index contributed by atoms with van der Waals surface area (Å²) >= 11 is 0. The first-order chi connectivity index (χ1) is 11.4. The van der Waals surface area contributed by atoms with Gasteiger partial charge in [-0.3, -0.25) is 12.2 Å². The summed E-state index contributed by atoms with van der Waals surface area (Å²) in [6, 6.07) is 21.3. The maximum absolute atomic E-state index is 2.99. The molecule has 25 heavy (non-hydrogen) atoms. The van der Waals surface area contributed by atoms with Crippen molar-refractivity contribution in [1.82, 2.24) is 0 Å². The van der Waals surface area contributed by atoms with Gasteiger partial charge < -0.3 is 17.0 Å². The Labute approximate surface area is 184 Å². The van der Waals surface area contributed by atoms with Crippen molar-refractivity contribution in [3.63, 3.8) is 0 Å². The van der Waals surface area contributed by atoms with Crippen molar-refractivity contribution in [3.8, 4) is 0 Å². The van der Waals surface area contributed by atoms with E-state index in [1.807, 2.05) is 24.3 Å². The zero-order valence-electron chi connectivity index (χ0n) is 14.1. The third kappa shape index (κ3) is 12.0. The van der Waals surface area contributed by atoms with Crippen LogP contribution in [0.15, 0.2) is 97.1 Å². The van der Waals surface area contributed by atoms with E-state index < -0.39 is 0 Å². The van der Waals surface area contributed by atoms with Crippen LogP contribution in [0.4, 0.5) is 0 Å². The van der Waals surface area contributed by atoms with Crippen molar-refractivity contribution in [2.75, 3.05) is 0 Å². The van der Waals surface area contributed by atoms with Gasteiger partial charge in [0.1, 0.15) is 9.52 Å². The van der Waals surface area contributed by atoms with Crippen LogP contribution >= 0.6 is 0 Å². The van der Waals surface area contributed by atoms with Crippen LogP contribution in [0, 0.1) is 12.2 Å². The normalized spacial score (nSPS) is 12.2. The Morgan fingerprint density at radius 1 is 0.640 bits per heavy atom. The molecule has 0 aliphatic heterocycles. The molecule has 0 aromatic heterocycles. The third-order valence-corrected chi connectivity index (χ3v) is 4.54. The fraction of sp³-hybridized carbons (Fsp3) is 0.0909. The Balaban J connectivity index is 0.000000400.